The van der Waals surface area contributed by atoms with Crippen LogP contribution in [0.15, 0.2) is 43.4 Å². The number of hydrogen-bond acceptors (Lipinski definition) is 6. The lowest BCUT2D eigenvalue weighted by Crippen LogP contribution is -1.89. The van der Waals surface area contributed by atoms with Gasteiger partial charge in [0.15, 0.2) is 0 Å². The van der Waals surface area contributed by atoms with Gasteiger partial charge in [0.25, 0.3) is 5.89 Å². The van der Waals surface area contributed by atoms with Crippen LogP contribution < -0.4 is 5.73 Å². The second kappa shape index (κ2) is 6.21. The number of hydrogen-bond donors (Lipinski definition) is 1. The average molecular weight is 382 g/mol. The molecule has 0 amide bonds. The van der Waals surface area contributed by atoms with E-state index in [0.29, 0.717) is 17.5 Å². The Morgan fingerprint density at radius 2 is 2.14 bits per heavy atom. The van der Waals surface area contributed by atoms with Crippen LogP contribution in [0.2, 0.25) is 0 Å². The third-order valence-electron chi connectivity index (χ3n) is 2.85. The van der Waals surface area contributed by atoms with Crippen LogP contribution in [0.5, 0.6) is 0 Å². The van der Waals surface area contributed by atoms with Crippen molar-refractivity contribution in [2.75, 3.05) is 5.73 Å². The molecule has 0 radical (unpaired) electrons. The summed E-state index contributed by atoms with van der Waals surface area (Å²) in [5.74, 6) is 1.83. The number of aryl methyl sites for hydroxylation is 1. The van der Waals surface area contributed by atoms with Gasteiger partial charge in [-0.05, 0) is 58.7 Å². The van der Waals surface area contributed by atoms with Crippen molar-refractivity contribution < 1.29 is 4.42 Å². The summed E-state index contributed by atoms with van der Waals surface area (Å²) in [5.41, 5.74) is 7.70. The summed E-state index contributed by atoms with van der Waals surface area (Å²) in [6.07, 6.45) is 0. The smallest absolute Gasteiger partial charge is 0.257 e. The number of aromatic nitrogens is 2. The third-order valence-corrected chi connectivity index (χ3v) is 5.44. The molecule has 2 N–H and O–H groups in total. The van der Waals surface area contributed by atoms with E-state index in [1.807, 2.05) is 31.2 Å². The minimum atomic E-state index is 0.565. The Balaban J connectivity index is 1.68. The van der Waals surface area contributed by atoms with E-state index in [-0.39, 0.29) is 0 Å². The third kappa shape index (κ3) is 3.48. The lowest BCUT2D eigenvalue weighted by molar-refractivity contribution is 0.529. The fourth-order valence-corrected chi connectivity index (χ4v) is 3.86. The fourth-order valence-electron chi connectivity index (χ4n) is 1.72. The molecule has 4 nitrogen and oxygen atoms in total. The molecule has 0 fully saturated rings. The van der Waals surface area contributed by atoms with Gasteiger partial charge in [-0.25, -0.2) is 0 Å². The van der Waals surface area contributed by atoms with Crippen molar-refractivity contribution in [3.63, 3.8) is 0 Å². The zero-order valence-corrected chi connectivity index (χ0v) is 14.4. The van der Waals surface area contributed by atoms with Gasteiger partial charge in [0.2, 0.25) is 5.89 Å². The maximum absolute atomic E-state index is 5.81. The number of nitrogen functional groups attached to an aromatic ring is 1. The molecular weight excluding hydrogens is 370 g/mol. The molecule has 0 aliphatic rings. The van der Waals surface area contributed by atoms with Crippen LogP contribution in [-0.2, 0) is 5.75 Å². The lowest BCUT2D eigenvalue weighted by Gasteiger charge is -2.03. The maximum atomic E-state index is 5.81. The molecule has 0 aliphatic heterocycles. The lowest BCUT2D eigenvalue weighted by atomic mass is 10.2. The highest BCUT2D eigenvalue weighted by molar-refractivity contribution is 9.11. The average Bonchev–Trinajstić information content (AvgIpc) is 3.09. The van der Waals surface area contributed by atoms with Crippen molar-refractivity contribution in [3.05, 3.63) is 45.6 Å². The normalized spacial score (nSPS) is 11.0. The van der Waals surface area contributed by atoms with Crippen LogP contribution in [0, 0.1) is 6.92 Å². The van der Waals surface area contributed by atoms with Crippen LogP contribution in [0.1, 0.15) is 11.5 Å². The van der Waals surface area contributed by atoms with Crippen molar-refractivity contribution in [3.8, 4) is 10.8 Å². The molecule has 2 aromatic heterocycles. The number of halogens is 1. The van der Waals surface area contributed by atoms with E-state index >= 15 is 0 Å². The summed E-state index contributed by atoms with van der Waals surface area (Å²) in [5, 5.41) is 8.17. The monoisotopic (exact) mass is 381 g/mol. The molecule has 3 rings (SSSR count). The molecule has 7 heteroatoms. The van der Waals surface area contributed by atoms with E-state index in [1.165, 1.54) is 0 Å². The topological polar surface area (TPSA) is 64.9 Å². The second-order valence-electron chi connectivity index (χ2n) is 4.41. The number of thiophene rings is 1. The standard InChI is InChI=1S/C14H12BrN3OS2/c1-8-6-9(2-3-10(8)16)20-7-13-17-18-14(19-13)11-4-5-12(15)21-11/h2-6H,7,16H2,1H3. The Morgan fingerprint density at radius 1 is 1.29 bits per heavy atom. The SMILES string of the molecule is Cc1cc(SCc2nnc(-c3ccc(Br)s3)o2)ccc1N. The molecule has 21 heavy (non-hydrogen) atoms. The zero-order chi connectivity index (χ0) is 14.8. The van der Waals surface area contributed by atoms with Crippen molar-refractivity contribution >= 4 is 44.7 Å². The Kier molecular flexibility index (Phi) is 4.32. The van der Waals surface area contributed by atoms with Crippen LogP contribution in [0.25, 0.3) is 10.8 Å². The van der Waals surface area contributed by atoms with Crippen molar-refractivity contribution in [1.82, 2.24) is 10.2 Å². The number of nitrogens with zero attached hydrogens (tertiary/aromatic N) is 2. The minimum absolute atomic E-state index is 0.565. The molecule has 108 valence electrons. The van der Waals surface area contributed by atoms with Crippen LogP contribution in [-0.4, -0.2) is 10.2 Å². The largest absolute Gasteiger partial charge is 0.419 e. The molecule has 0 atom stereocenters. The summed E-state index contributed by atoms with van der Waals surface area (Å²) in [6, 6.07) is 9.91. The van der Waals surface area contributed by atoms with Gasteiger partial charge in [-0.15, -0.1) is 33.3 Å². The molecule has 0 saturated carbocycles. The molecule has 0 spiro atoms. The summed E-state index contributed by atoms with van der Waals surface area (Å²) in [4.78, 5) is 2.11. The van der Waals surface area contributed by atoms with E-state index in [2.05, 4.69) is 32.2 Å². The second-order valence-corrected chi connectivity index (χ2v) is 7.92. The van der Waals surface area contributed by atoms with Crippen molar-refractivity contribution in [2.45, 2.75) is 17.6 Å². The van der Waals surface area contributed by atoms with E-state index in [9.17, 15) is 0 Å². The first-order valence-corrected chi connectivity index (χ1v) is 8.78. The van der Waals surface area contributed by atoms with E-state index < -0.39 is 0 Å². The van der Waals surface area contributed by atoms with Gasteiger partial charge in [0.1, 0.15) is 0 Å². The summed E-state index contributed by atoms with van der Waals surface area (Å²) in [7, 11) is 0. The number of rotatable bonds is 4. The molecule has 0 bridgehead atoms. The molecule has 0 aliphatic carbocycles. The molecule has 3 aromatic rings. The maximum Gasteiger partial charge on any atom is 0.257 e. The fraction of sp³-hybridized carbons (Fsp3) is 0.143. The predicted octanol–water partition coefficient (Wildman–Crippen LogP) is 4.74. The molecule has 1 aromatic carbocycles. The zero-order valence-electron chi connectivity index (χ0n) is 11.2. The van der Waals surface area contributed by atoms with Gasteiger partial charge in [-0.3, -0.25) is 0 Å². The van der Waals surface area contributed by atoms with Gasteiger partial charge in [-0.1, -0.05) is 0 Å². The van der Waals surface area contributed by atoms with Gasteiger partial charge in [0.05, 0.1) is 14.4 Å². The van der Waals surface area contributed by atoms with Gasteiger partial charge >= 0.3 is 0 Å². The summed E-state index contributed by atoms with van der Waals surface area (Å²) >= 11 is 6.65. The molecule has 0 unspecified atom stereocenters. The summed E-state index contributed by atoms with van der Waals surface area (Å²) < 4.78 is 6.73. The highest BCUT2D eigenvalue weighted by atomic mass is 79.9. The molecule has 2 heterocycles. The van der Waals surface area contributed by atoms with E-state index in [1.54, 1.807) is 23.1 Å². The predicted molar refractivity (Wildman–Crippen MR) is 90.5 cm³/mol. The Labute approximate surface area is 138 Å². The Morgan fingerprint density at radius 3 is 2.86 bits per heavy atom. The first kappa shape index (κ1) is 14.6. The highest BCUT2D eigenvalue weighted by Gasteiger charge is 2.11. The number of nitrogens with two attached hydrogens (primary N) is 1. The van der Waals surface area contributed by atoms with Gasteiger partial charge in [-0.2, -0.15) is 0 Å². The molecule has 0 saturated heterocycles. The number of benzene rings is 1. The van der Waals surface area contributed by atoms with Crippen molar-refractivity contribution in [2.24, 2.45) is 0 Å². The molecular formula is C14H12BrN3OS2. The first-order valence-electron chi connectivity index (χ1n) is 6.19. The Hall–Kier alpha value is -1.31. The number of anilines is 1. The minimum Gasteiger partial charge on any atom is -0.419 e. The number of thioether (sulfide) groups is 1. The van der Waals surface area contributed by atoms with Gasteiger partial charge < -0.3 is 10.2 Å². The summed E-state index contributed by atoms with van der Waals surface area (Å²) in [6.45, 7) is 2.00. The van der Waals surface area contributed by atoms with E-state index in [0.717, 1.165) is 24.8 Å². The van der Waals surface area contributed by atoms with Gasteiger partial charge in [0, 0.05) is 10.6 Å². The van der Waals surface area contributed by atoms with Crippen molar-refractivity contribution in [1.29, 1.82) is 0 Å². The quantitative estimate of drug-likeness (QED) is 0.521. The Bertz CT molecular complexity index is 769. The van der Waals surface area contributed by atoms with Crippen LogP contribution in [0.3, 0.4) is 0 Å². The van der Waals surface area contributed by atoms with Crippen LogP contribution >= 0.6 is 39.0 Å². The van der Waals surface area contributed by atoms with E-state index in [4.69, 9.17) is 10.2 Å². The first-order chi connectivity index (χ1) is 10.1. The highest BCUT2D eigenvalue weighted by Crippen LogP contribution is 2.31. The van der Waals surface area contributed by atoms with Crippen LogP contribution in [0.4, 0.5) is 5.69 Å².